The Bertz CT molecular complexity index is 560. The van der Waals surface area contributed by atoms with Crippen molar-refractivity contribution < 1.29 is 4.79 Å². The molecule has 0 radical (unpaired) electrons. The molecule has 0 N–H and O–H groups in total. The molecule has 1 amide bonds. The third-order valence-corrected chi connectivity index (χ3v) is 7.57. The molecule has 0 fully saturated rings. The van der Waals surface area contributed by atoms with Gasteiger partial charge in [0.2, 0.25) is 5.91 Å². The largest absolute Gasteiger partial charge is 0.340 e. The molecule has 0 bridgehead atoms. The highest BCUT2D eigenvalue weighted by Gasteiger charge is 2.36. The summed E-state index contributed by atoms with van der Waals surface area (Å²) in [6.45, 7) is 19.5. The molecule has 0 saturated carbocycles. The Kier molecular flexibility index (Phi) is 7.23. The van der Waals surface area contributed by atoms with Crippen LogP contribution in [0.25, 0.3) is 6.08 Å². The lowest BCUT2D eigenvalue weighted by Gasteiger charge is -2.42. The van der Waals surface area contributed by atoms with Crippen LogP contribution in [0.3, 0.4) is 0 Å². The fraction of sp³-hybridized carbons (Fsp3) is 0.571. The van der Waals surface area contributed by atoms with E-state index in [9.17, 15) is 4.79 Å². The molecule has 0 aliphatic rings. The van der Waals surface area contributed by atoms with Crippen LogP contribution in [-0.2, 0) is 4.79 Å². The summed E-state index contributed by atoms with van der Waals surface area (Å²) >= 11 is 0. The molecule has 1 rings (SSSR count). The van der Waals surface area contributed by atoms with Crippen LogP contribution in [0.5, 0.6) is 0 Å². The first-order chi connectivity index (χ1) is 11.0. The number of rotatable bonds is 5. The van der Waals surface area contributed by atoms with Crippen LogP contribution in [0.4, 0.5) is 0 Å². The van der Waals surface area contributed by atoms with Crippen LogP contribution in [0.1, 0.15) is 61.0 Å². The summed E-state index contributed by atoms with van der Waals surface area (Å²) in [5, 5.41) is 1.80. The minimum Gasteiger partial charge on any atom is -0.340 e. The van der Waals surface area contributed by atoms with Crippen LogP contribution in [0.15, 0.2) is 30.3 Å². The van der Waals surface area contributed by atoms with Crippen molar-refractivity contribution in [3.63, 3.8) is 0 Å². The van der Waals surface area contributed by atoms with Gasteiger partial charge in [-0.1, -0.05) is 73.7 Å². The van der Waals surface area contributed by atoms with Gasteiger partial charge >= 0.3 is 0 Å². The predicted molar refractivity (Wildman–Crippen MR) is 109 cm³/mol. The maximum Gasteiger partial charge on any atom is 0.246 e. The van der Waals surface area contributed by atoms with E-state index in [0.717, 1.165) is 13.1 Å². The Morgan fingerprint density at radius 2 is 1.50 bits per heavy atom. The molecule has 0 aliphatic carbocycles. The van der Waals surface area contributed by atoms with E-state index in [0.29, 0.717) is 0 Å². The van der Waals surface area contributed by atoms with Gasteiger partial charge in [-0.25, -0.2) is 0 Å². The number of hydrogen-bond acceptors (Lipinski definition) is 1. The highest BCUT2D eigenvalue weighted by Crippen LogP contribution is 2.58. The van der Waals surface area contributed by atoms with Crippen molar-refractivity contribution in [3.05, 3.63) is 35.9 Å². The van der Waals surface area contributed by atoms with Gasteiger partial charge in [-0.15, -0.1) is 0 Å². The van der Waals surface area contributed by atoms with Gasteiger partial charge < -0.3 is 4.90 Å². The fourth-order valence-electron chi connectivity index (χ4n) is 3.36. The van der Waals surface area contributed by atoms with Crippen LogP contribution < -0.4 is 5.30 Å². The van der Waals surface area contributed by atoms with Gasteiger partial charge in [-0.3, -0.25) is 4.79 Å². The second-order valence-corrected chi connectivity index (χ2v) is 11.9. The summed E-state index contributed by atoms with van der Waals surface area (Å²) in [6, 6.07) is 8.55. The molecule has 0 unspecified atom stereocenters. The zero-order chi connectivity index (χ0) is 18.5. The highest BCUT2D eigenvalue weighted by molar-refractivity contribution is 7.68. The molecule has 24 heavy (non-hydrogen) atoms. The van der Waals surface area contributed by atoms with Crippen molar-refractivity contribution in [3.8, 4) is 0 Å². The minimum absolute atomic E-state index is 0.0886. The first-order valence-corrected chi connectivity index (χ1v) is 10.2. The summed E-state index contributed by atoms with van der Waals surface area (Å²) in [4.78, 5) is 14.1. The topological polar surface area (TPSA) is 20.3 Å². The van der Waals surface area contributed by atoms with E-state index in [-0.39, 0.29) is 24.1 Å². The van der Waals surface area contributed by atoms with Crippen molar-refractivity contribution in [1.29, 1.82) is 0 Å². The third kappa shape index (κ3) is 5.45. The summed E-state index contributed by atoms with van der Waals surface area (Å²) < 4.78 is 0. The second kappa shape index (κ2) is 8.30. The van der Waals surface area contributed by atoms with E-state index in [2.05, 4.69) is 65.8 Å². The number of amides is 1. The highest BCUT2D eigenvalue weighted by atomic mass is 31.1. The first-order valence-electron chi connectivity index (χ1n) is 8.88. The molecule has 0 saturated heterocycles. The average molecular weight is 347 g/mol. The molecule has 0 aromatic heterocycles. The third-order valence-electron chi connectivity index (χ3n) is 4.00. The minimum atomic E-state index is -0.388. The lowest BCUT2D eigenvalue weighted by molar-refractivity contribution is -0.125. The zero-order valence-electron chi connectivity index (χ0n) is 16.7. The fourth-order valence-corrected chi connectivity index (χ4v) is 7.46. The van der Waals surface area contributed by atoms with E-state index in [1.165, 1.54) is 10.9 Å². The van der Waals surface area contributed by atoms with Crippen LogP contribution in [-0.4, -0.2) is 34.2 Å². The quantitative estimate of drug-likeness (QED) is 0.525. The number of carbonyl (C=O) groups is 1. The second-order valence-electron chi connectivity index (χ2n) is 8.08. The smallest absolute Gasteiger partial charge is 0.246 e. The molecule has 0 aliphatic heterocycles. The van der Waals surface area contributed by atoms with Crippen LogP contribution in [0.2, 0.25) is 0 Å². The number of benzene rings is 1. The maximum atomic E-state index is 12.3. The Morgan fingerprint density at radius 3 is 1.96 bits per heavy atom. The van der Waals surface area contributed by atoms with Gasteiger partial charge in [-0.05, 0) is 41.1 Å². The van der Waals surface area contributed by atoms with Crippen molar-refractivity contribution in [1.82, 2.24) is 4.90 Å². The molecule has 2 nitrogen and oxygen atoms in total. The van der Waals surface area contributed by atoms with Crippen molar-refractivity contribution in [2.75, 3.05) is 13.1 Å². The predicted octanol–water partition coefficient (Wildman–Crippen LogP) is 5.27. The van der Waals surface area contributed by atoms with E-state index in [4.69, 9.17) is 0 Å². The van der Waals surface area contributed by atoms with E-state index >= 15 is 0 Å². The van der Waals surface area contributed by atoms with Crippen molar-refractivity contribution >= 4 is 25.2 Å². The maximum absolute atomic E-state index is 12.3. The molecule has 1 aromatic rings. The Balaban J connectivity index is 3.27. The van der Waals surface area contributed by atoms with Gasteiger partial charge in [-0.2, -0.15) is 0 Å². The molecule has 1 aromatic carbocycles. The molecule has 0 heterocycles. The molecule has 134 valence electrons. The van der Waals surface area contributed by atoms with Gasteiger partial charge in [0.05, 0.1) is 0 Å². The van der Waals surface area contributed by atoms with E-state index < -0.39 is 0 Å². The monoisotopic (exact) mass is 347 g/mol. The van der Waals surface area contributed by atoms with Crippen LogP contribution >= 0.6 is 7.92 Å². The number of hydrogen-bond donors (Lipinski definition) is 0. The average Bonchev–Trinajstić information content (AvgIpc) is 2.44. The summed E-state index contributed by atoms with van der Waals surface area (Å²) in [7, 11) is -0.388. The normalized spacial score (nSPS) is 12.9. The van der Waals surface area contributed by atoms with Gasteiger partial charge in [0, 0.05) is 19.2 Å². The first kappa shape index (κ1) is 20.9. The molecule has 3 heteroatoms. The molecular formula is C21H34NOP. The summed E-state index contributed by atoms with van der Waals surface area (Å²) in [6.07, 6.45) is 3.73. The number of nitrogens with zero attached hydrogens (tertiary/aromatic N) is 1. The van der Waals surface area contributed by atoms with Gasteiger partial charge in [0.15, 0.2) is 0 Å². The van der Waals surface area contributed by atoms with Crippen LogP contribution in [0, 0.1) is 0 Å². The van der Waals surface area contributed by atoms with Crippen molar-refractivity contribution in [2.24, 2.45) is 0 Å². The van der Waals surface area contributed by atoms with Gasteiger partial charge in [0.1, 0.15) is 0 Å². The SMILES string of the molecule is CCN(CC)C(=O)/C=C/c1ccccc1P(C(C)(C)C)C(C)(C)C. The summed E-state index contributed by atoms with van der Waals surface area (Å²) in [5.41, 5.74) is 1.17. The Morgan fingerprint density at radius 1 is 1.00 bits per heavy atom. The molecule has 0 spiro atoms. The summed E-state index contributed by atoms with van der Waals surface area (Å²) in [5.74, 6) is 0.0886. The number of likely N-dealkylation sites (N-methyl/N-ethyl adjacent to an activating group) is 1. The van der Waals surface area contributed by atoms with E-state index in [1.54, 1.807) is 6.08 Å². The Labute approximate surface area is 150 Å². The van der Waals surface area contributed by atoms with Crippen molar-refractivity contribution in [2.45, 2.75) is 65.7 Å². The standard InChI is InChI=1S/C21H34NOP/c1-9-22(10-2)19(23)16-15-17-13-11-12-14-18(17)24(20(3,4)5)21(6,7)8/h11-16H,9-10H2,1-8H3/b16-15+. The molecule has 0 atom stereocenters. The molecular weight excluding hydrogens is 313 g/mol. The lowest BCUT2D eigenvalue weighted by atomic mass is 10.2. The Hall–Kier alpha value is -1.14. The number of carbonyl (C=O) groups excluding carboxylic acids is 1. The van der Waals surface area contributed by atoms with E-state index in [1.807, 2.05) is 24.8 Å². The lowest BCUT2D eigenvalue weighted by Crippen LogP contribution is -2.32. The van der Waals surface area contributed by atoms with Gasteiger partial charge in [0.25, 0.3) is 0 Å². The zero-order valence-corrected chi connectivity index (χ0v) is 17.6.